The van der Waals surface area contributed by atoms with Crippen LogP contribution in [0.5, 0.6) is 0 Å². The number of aryl methyl sites for hydroxylation is 2. The SMILES string of the molecule is Cc1cc(C(=O)NC2=NCCS2)c(C)o1. The van der Waals surface area contributed by atoms with Crippen LogP contribution in [0.2, 0.25) is 0 Å². The van der Waals surface area contributed by atoms with Gasteiger partial charge in [-0.3, -0.25) is 9.79 Å². The van der Waals surface area contributed by atoms with Gasteiger partial charge in [0.25, 0.3) is 5.91 Å². The Hall–Kier alpha value is -1.23. The van der Waals surface area contributed by atoms with E-state index in [9.17, 15) is 4.79 Å². The number of carbonyl (C=O) groups excluding carboxylic acids is 1. The van der Waals surface area contributed by atoms with Crippen LogP contribution in [0.4, 0.5) is 0 Å². The van der Waals surface area contributed by atoms with Gasteiger partial charge in [0.2, 0.25) is 0 Å². The molecule has 4 nitrogen and oxygen atoms in total. The Morgan fingerprint density at radius 3 is 2.93 bits per heavy atom. The van der Waals surface area contributed by atoms with Crippen LogP contribution in [0.15, 0.2) is 15.5 Å². The molecule has 0 bridgehead atoms. The van der Waals surface area contributed by atoms with E-state index in [4.69, 9.17) is 4.42 Å². The van der Waals surface area contributed by atoms with Crippen molar-refractivity contribution in [3.8, 4) is 0 Å². The highest BCUT2D eigenvalue weighted by Gasteiger charge is 2.16. The van der Waals surface area contributed by atoms with Crippen molar-refractivity contribution in [2.45, 2.75) is 13.8 Å². The fourth-order valence-corrected chi connectivity index (χ4v) is 2.15. The molecule has 1 N–H and O–H groups in total. The zero-order valence-electron chi connectivity index (χ0n) is 8.66. The van der Waals surface area contributed by atoms with Crippen LogP contribution in [0.3, 0.4) is 0 Å². The van der Waals surface area contributed by atoms with Gasteiger partial charge in [0.1, 0.15) is 11.5 Å². The molecule has 0 saturated carbocycles. The van der Waals surface area contributed by atoms with Crippen LogP contribution < -0.4 is 5.32 Å². The van der Waals surface area contributed by atoms with Gasteiger partial charge in [0.15, 0.2) is 5.17 Å². The summed E-state index contributed by atoms with van der Waals surface area (Å²) in [5.41, 5.74) is 0.586. The second-order valence-corrected chi connectivity index (χ2v) is 4.40. The number of nitrogens with zero attached hydrogens (tertiary/aromatic N) is 1. The van der Waals surface area contributed by atoms with Crippen molar-refractivity contribution in [3.05, 3.63) is 23.2 Å². The average molecular weight is 224 g/mol. The lowest BCUT2D eigenvalue weighted by Gasteiger charge is -2.01. The molecule has 1 aromatic rings. The smallest absolute Gasteiger partial charge is 0.260 e. The first-order valence-electron chi connectivity index (χ1n) is 4.72. The van der Waals surface area contributed by atoms with Gasteiger partial charge in [-0.2, -0.15) is 0 Å². The van der Waals surface area contributed by atoms with E-state index in [0.29, 0.717) is 16.5 Å². The van der Waals surface area contributed by atoms with Crippen molar-refractivity contribution >= 4 is 22.8 Å². The maximum Gasteiger partial charge on any atom is 0.260 e. The molecule has 80 valence electrons. The van der Waals surface area contributed by atoms with E-state index in [2.05, 4.69) is 10.3 Å². The van der Waals surface area contributed by atoms with E-state index in [1.54, 1.807) is 24.8 Å². The summed E-state index contributed by atoms with van der Waals surface area (Å²) >= 11 is 1.57. The molecule has 1 aromatic heterocycles. The summed E-state index contributed by atoms with van der Waals surface area (Å²) in [6, 6.07) is 1.74. The van der Waals surface area contributed by atoms with Gasteiger partial charge in [0.05, 0.1) is 12.1 Å². The average Bonchev–Trinajstić information content (AvgIpc) is 2.75. The molecule has 1 aliphatic heterocycles. The molecule has 5 heteroatoms. The molecule has 0 aliphatic carbocycles. The highest BCUT2D eigenvalue weighted by Crippen LogP contribution is 2.15. The molecule has 2 rings (SSSR count). The Morgan fingerprint density at radius 1 is 1.60 bits per heavy atom. The number of amides is 1. The lowest BCUT2D eigenvalue weighted by Crippen LogP contribution is -2.27. The van der Waals surface area contributed by atoms with Crippen molar-refractivity contribution in [2.75, 3.05) is 12.3 Å². The van der Waals surface area contributed by atoms with E-state index in [1.165, 1.54) is 0 Å². The number of hydrogen-bond donors (Lipinski definition) is 1. The molecule has 1 amide bonds. The van der Waals surface area contributed by atoms with Gasteiger partial charge >= 0.3 is 0 Å². The Kier molecular flexibility index (Phi) is 2.81. The molecule has 2 heterocycles. The first-order valence-corrected chi connectivity index (χ1v) is 5.71. The summed E-state index contributed by atoms with van der Waals surface area (Å²) < 4.78 is 5.29. The molecule has 1 aliphatic rings. The minimum Gasteiger partial charge on any atom is -0.466 e. The molecule has 0 spiro atoms. The van der Waals surface area contributed by atoms with Gasteiger partial charge in [0, 0.05) is 5.75 Å². The summed E-state index contributed by atoms with van der Waals surface area (Å²) in [7, 11) is 0. The maximum absolute atomic E-state index is 11.8. The predicted octanol–water partition coefficient (Wildman–Crippen LogP) is 1.73. The third kappa shape index (κ3) is 2.23. The van der Waals surface area contributed by atoms with Crippen molar-refractivity contribution < 1.29 is 9.21 Å². The number of thioether (sulfide) groups is 1. The van der Waals surface area contributed by atoms with E-state index in [0.717, 1.165) is 18.1 Å². The summed E-state index contributed by atoms with van der Waals surface area (Å²) in [4.78, 5) is 15.9. The molecular weight excluding hydrogens is 212 g/mol. The Balaban J connectivity index is 2.10. The summed E-state index contributed by atoms with van der Waals surface area (Å²) in [6.45, 7) is 4.39. The quantitative estimate of drug-likeness (QED) is 0.790. The van der Waals surface area contributed by atoms with Crippen LogP contribution in [-0.4, -0.2) is 23.4 Å². The lowest BCUT2D eigenvalue weighted by atomic mass is 10.2. The number of hydrogen-bond acceptors (Lipinski definition) is 4. The number of carbonyl (C=O) groups is 1. The topological polar surface area (TPSA) is 54.6 Å². The van der Waals surface area contributed by atoms with E-state index < -0.39 is 0 Å². The summed E-state index contributed by atoms with van der Waals surface area (Å²) in [5, 5.41) is 3.47. The van der Waals surface area contributed by atoms with Gasteiger partial charge < -0.3 is 9.73 Å². The van der Waals surface area contributed by atoms with E-state index in [-0.39, 0.29) is 5.91 Å². The van der Waals surface area contributed by atoms with Crippen LogP contribution in [0, 0.1) is 13.8 Å². The first kappa shape index (κ1) is 10.3. The largest absolute Gasteiger partial charge is 0.466 e. The number of rotatable bonds is 1. The molecule has 0 fully saturated rings. The second-order valence-electron chi connectivity index (χ2n) is 3.32. The molecule has 0 unspecified atom stereocenters. The van der Waals surface area contributed by atoms with Crippen LogP contribution in [0.25, 0.3) is 0 Å². The maximum atomic E-state index is 11.8. The number of amidine groups is 1. The molecule has 0 radical (unpaired) electrons. The second kappa shape index (κ2) is 4.10. The fourth-order valence-electron chi connectivity index (χ4n) is 1.43. The highest BCUT2D eigenvalue weighted by atomic mass is 32.2. The molecule has 0 saturated heterocycles. The normalized spacial score (nSPS) is 15.2. The molecule has 0 atom stereocenters. The summed E-state index contributed by atoms with van der Waals surface area (Å²) in [5.74, 6) is 2.20. The first-order chi connectivity index (χ1) is 7.16. The minimum absolute atomic E-state index is 0.141. The third-order valence-corrected chi connectivity index (χ3v) is 2.98. The van der Waals surface area contributed by atoms with Crippen molar-refractivity contribution in [1.29, 1.82) is 0 Å². The van der Waals surface area contributed by atoms with Gasteiger partial charge in [-0.25, -0.2) is 0 Å². The monoisotopic (exact) mass is 224 g/mol. The van der Waals surface area contributed by atoms with Gasteiger partial charge in [-0.1, -0.05) is 11.8 Å². The molecule has 15 heavy (non-hydrogen) atoms. The van der Waals surface area contributed by atoms with Gasteiger partial charge in [-0.15, -0.1) is 0 Å². The Bertz CT molecular complexity index is 423. The third-order valence-electron chi connectivity index (χ3n) is 2.09. The van der Waals surface area contributed by atoms with E-state index in [1.807, 2.05) is 6.92 Å². The van der Waals surface area contributed by atoms with Crippen molar-refractivity contribution in [1.82, 2.24) is 5.32 Å². The number of aliphatic imine (C=N–C) groups is 1. The minimum atomic E-state index is -0.141. The fraction of sp³-hybridized carbons (Fsp3) is 0.400. The Labute approximate surface area is 92.1 Å². The Morgan fingerprint density at radius 2 is 2.40 bits per heavy atom. The number of nitrogens with one attached hydrogen (secondary N) is 1. The van der Waals surface area contributed by atoms with Crippen molar-refractivity contribution in [3.63, 3.8) is 0 Å². The van der Waals surface area contributed by atoms with Crippen LogP contribution in [-0.2, 0) is 0 Å². The number of furan rings is 1. The van der Waals surface area contributed by atoms with E-state index >= 15 is 0 Å². The highest BCUT2D eigenvalue weighted by molar-refractivity contribution is 8.14. The van der Waals surface area contributed by atoms with Gasteiger partial charge in [-0.05, 0) is 19.9 Å². The van der Waals surface area contributed by atoms with Crippen LogP contribution >= 0.6 is 11.8 Å². The molecular formula is C10H12N2O2S. The van der Waals surface area contributed by atoms with Crippen LogP contribution in [0.1, 0.15) is 21.9 Å². The lowest BCUT2D eigenvalue weighted by molar-refractivity contribution is 0.0976. The van der Waals surface area contributed by atoms with Crippen molar-refractivity contribution in [2.24, 2.45) is 4.99 Å². The predicted molar refractivity (Wildman–Crippen MR) is 60.4 cm³/mol. The standard InChI is InChI=1S/C10H12N2O2S/c1-6-5-8(7(2)14-6)9(13)12-10-11-3-4-15-10/h5H,3-4H2,1-2H3,(H,11,12,13). The zero-order valence-corrected chi connectivity index (χ0v) is 9.48. The molecule has 0 aromatic carbocycles. The zero-order chi connectivity index (χ0) is 10.8. The summed E-state index contributed by atoms with van der Waals surface area (Å²) in [6.07, 6.45) is 0.